The van der Waals surface area contributed by atoms with Crippen LogP contribution in [0.25, 0.3) is 0 Å². The van der Waals surface area contributed by atoms with Crippen molar-refractivity contribution in [2.75, 3.05) is 26.7 Å². The van der Waals surface area contributed by atoms with Gasteiger partial charge in [-0.3, -0.25) is 14.6 Å². The van der Waals surface area contributed by atoms with Crippen LogP contribution >= 0.6 is 0 Å². The molecule has 1 saturated heterocycles. The highest BCUT2D eigenvalue weighted by Gasteiger charge is 2.22. The van der Waals surface area contributed by atoms with Crippen LogP contribution in [0.5, 0.6) is 0 Å². The van der Waals surface area contributed by atoms with Crippen LogP contribution in [0.2, 0.25) is 0 Å². The Morgan fingerprint density at radius 1 is 1.22 bits per heavy atom. The van der Waals surface area contributed by atoms with Gasteiger partial charge in [-0.15, -0.1) is 0 Å². The lowest BCUT2D eigenvalue weighted by Crippen LogP contribution is -2.49. The number of rotatable bonds is 8. The first kappa shape index (κ1) is 23.3. The molecule has 0 unspecified atom stereocenters. The summed E-state index contributed by atoms with van der Waals surface area (Å²) >= 11 is 0. The lowest BCUT2D eigenvalue weighted by molar-refractivity contribution is -0.123. The number of amides is 2. The third kappa shape index (κ3) is 6.09. The summed E-state index contributed by atoms with van der Waals surface area (Å²) in [6.45, 7) is 6.47. The summed E-state index contributed by atoms with van der Waals surface area (Å²) in [4.78, 5) is 29.9. The first-order chi connectivity index (χ1) is 15.5. The van der Waals surface area contributed by atoms with Gasteiger partial charge in [0, 0.05) is 44.2 Å². The first-order valence-corrected chi connectivity index (χ1v) is 11.1. The minimum atomic E-state index is -0.128. The topological polar surface area (TPSA) is 112 Å². The van der Waals surface area contributed by atoms with Crippen molar-refractivity contribution in [2.45, 2.75) is 45.7 Å². The molecule has 172 valence electrons. The molecule has 2 aromatic rings. The zero-order chi connectivity index (χ0) is 22.9. The molecule has 0 spiro atoms. The maximum atomic E-state index is 12.6. The fraction of sp³-hybridized carbons (Fsp3) is 0.478. The summed E-state index contributed by atoms with van der Waals surface area (Å²) in [5, 5.41) is 13.4. The molecule has 9 heteroatoms. The second-order valence-corrected chi connectivity index (χ2v) is 7.78. The Morgan fingerprint density at radius 2 is 1.94 bits per heavy atom. The summed E-state index contributed by atoms with van der Waals surface area (Å²) in [6.07, 6.45) is 2.08. The number of benzene rings is 1. The number of nitrogens with zero attached hydrogens (tertiary/aromatic N) is 3. The van der Waals surface area contributed by atoms with Gasteiger partial charge in [0.25, 0.3) is 5.91 Å². The van der Waals surface area contributed by atoms with Crippen LogP contribution in [0.3, 0.4) is 0 Å². The number of hydrogen-bond acceptors (Lipinski definition) is 5. The number of aliphatic imine (C=N–C) groups is 1. The lowest BCUT2D eigenvalue weighted by atomic mass is 9.99. The normalized spacial score (nSPS) is 14.4. The number of carbonyl (C=O) groups excluding carboxylic acids is 2. The predicted molar refractivity (Wildman–Crippen MR) is 122 cm³/mol. The first-order valence-electron chi connectivity index (χ1n) is 11.1. The summed E-state index contributed by atoms with van der Waals surface area (Å²) < 4.78 is 5.44. The van der Waals surface area contributed by atoms with E-state index >= 15 is 0 Å². The number of guanidine groups is 1. The van der Waals surface area contributed by atoms with E-state index in [0.717, 1.165) is 29.9 Å². The molecule has 0 radical (unpaired) electrons. The number of hydrogen-bond donors (Lipinski definition) is 3. The average molecular weight is 441 g/mol. The molecular weight excluding hydrogens is 408 g/mol. The van der Waals surface area contributed by atoms with Crippen molar-refractivity contribution >= 4 is 17.8 Å². The van der Waals surface area contributed by atoms with E-state index in [2.05, 4.69) is 39.9 Å². The van der Waals surface area contributed by atoms with E-state index in [0.29, 0.717) is 43.6 Å². The molecule has 1 aromatic heterocycles. The van der Waals surface area contributed by atoms with Crippen LogP contribution in [0.15, 0.2) is 39.8 Å². The van der Waals surface area contributed by atoms with Gasteiger partial charge in [0.2, 0.25) is 5.91 Å². The van der Waals surface area contributed by atoms with Crippen molar-refractivity contribution in [3.8, 4) is 0 Å². The zero-order valence-corrected chi connectivity index (χ0v) is 19.0. The number of carbonyl (C=O) groups is 2. The highest BCUT2D eigenvalue weighted by molar-refractivity contribution is 5.97. The second kappa shape index (κ2) is 11.3. The van der Waals surface area contributed by atoms with E-state index in [1.807, 2.05) is 18.2 Å². The van der Waals surface area contributed by atoms with Gasteiger partial charge in [0.15, 0.2) is 11.7 Å². The van der Waals surface area contributed by atoms with Crippen molar-refractivity contribution in [3.05, 3.63) is 52.9 Å². The summed E-state index contributed by atoms with van der Waals surface area (Å²) in [6, 6.07) is 9.37. The highest BCUT2D eigenvalue weighted by Crippen LogP contribution is 2.22. The smallest absolute Gasteiger partial charge is 0.254 e. The van der Waals surface area contributed by atoms with Gasteiger partial charge >= 0.3 is 0 Å². The van der Waals surface area contributed by atoms with Crippen molar-refractivity contribution in [1.82, 2.24) is 26.0 Å². The van der Waals surface area contributed by atoms with Crippen LogP contribution in [0.4, 0.5) is 0 Å². The lowest BCUT2D eigenvalue weighted by Gasteiger charge is -2.26. The van der Waals surface area contributed by atoms with E-state index in [1.165, 1.54) is 0 Å². The highest BCUT2D eigenvalue weighted by atomic mass is 16.5. The molecule has 3 N–H and O–H groups in total. The van der Waals surface area contributed by atoms with E-state index in [-0.39, 0.29) is 18.4 Å². The number of aromatic nitrogens is 1. The Bertz CT molecular complexity index is 933. The molecule has 1 aromatic carbocycles. The SMILES string of the molecule is CCC(CC)c1cc(CNC(=NC)NCc2ccc(C(=O)N3CCNC(=O)C3)cc2)on1. The molecule has 9 nitrogen and oxygen atoms in total. The quantitative estimate of drug-likeness (QED) is 0.428. The Hall–Kier alpha value is -3.36. The molecule has 0 atom stereocenters. The van der Waals surface area contributed by atoms with Crippen LogP contribution in [0, 0.1) is 0 Å². The van der Waals surface area contributed by atoms with E-state index < -0.39 is 0 Å². The molecule has 1 aliphatic rings. The standard InChI is InChI=1S/C23H32N6O3/c1-4-17(5-2)20-12-19(32-28-20)14-27-23(24-3)26-13-16-6-8-18(9-7-16)22(31)29-11-10-25-21(30)15-29/h6-9,12,17H,4-5,10-11,13-15H2,1-3H3,(H,25,30)(H2,24,26,27). The Kier molecular flexibility index (Phi) is 8.24. The largest absolute Gasteiger partial charge is 0.359 e. The zero-order valence-electron chi connectivity index (χ0n) is 19.0. The Balaban J connectivity index is 1.48. The molecule has 0 saturated carbocycles. The molecule has 0 aliphatic carbocycles. The minimum absolute atomic E-state index is 0.106. The van der Waals surface area contributed by atoms with E-state index in [1.54, 1.807) is 24.1 Å². The molecule has 1 aliphatic heterocycles. The van der Waals surface area contributed by atoms with Gasteiger partial charge in [0.1, 0.15) is 0 Å². The average Bonchev–Trinajstić information content (AvgIpc) is 3.28. The molecule has 2 heterocycles. The molecule has 1 fully saturated rings. The molecule has 3 rings (SSSR count). The fourth-order valence-corrected chi connectivity index (χ4v) is 3.65. The third-order valence-electron chi connectivity index (χ3n) is 5.62. The number of nitrogens with one attached hydrogen (secondary N) is 3. The van der Waals surface area contributed by atoms with Gasteiger partial charge in [-0.2, -0.15) is 0 Å². The van der Waals surface area contributed by atoms with Crippen LogP contribution in [-0.2, 0) is 17.9 Å². The summed E-state index contributed by atoms with van der Waals surface area (Å²) in [7, 11) is 1.71. The van der Waals surface area contributed by atoms with Crippen molar-refractivity contribution in [2.24, 2.45) is 4.99 Å². The second-order valence-electron chi connectivity index (χ2n) is 7.78. The Morgan fingerprint density at radius 3 is 2.59 bits per heavy atom. The molecule has 0 bridgehead atoms. The maximum absolute atomic E-state index is 12.6. The van der Waals surface area contributed by atoms with Gasteiger partial charge in [-0.25, -0.2) is 0 Å². The van der Waals surface area contributed by atoms with Crippen LogP contribution in [-0.4, -0.2) is 54.5 Å². The molecule has 2 amide bonds. The van der Waals surface area contributed by atoms with Gasteiger partial charge in [-0.05, 0) is 30.5 Å². The van der Waals surface area contributed by atoms with Crippen molar-refractivity contribution in [1.29, 1.82) is 0 Å². The van der Waals surface area contributed by atoms with E-state index in [4.69, 9.17) is 4.52 Å². The van der Waals surface area contributed by atoms with Gasteiger partial charge in [-0.1, -0.05) is 31.1 Å². The summed E-state index contributed by atoms with van der Waals surface area (Å²) in [5.74, 6) is 1.58. The minimum Gasteiger partial charge on any atom is -0.359 e. The molecular formula is C23H32N6O3. The monoisotopic (exact) mass is 440 g/mol. The Labute approximate surface area is 188 Å². The van der Waals surface area contributed by atoms with Gasteiger partial charge in [0.05, 0.1) is 18.8 Å². The van der Waals surface area contributed by atoms with Crippen molar-refractivity contribution < 1.29 is 14.1 Å². The summed E-state index contributed by atoms with van der Waals surface area (Å²) in [5.41, 5.74) is 2.58. The predicted octanol–water partition coefficient (Wildman–Crippen LogP) is 2.02. The third-order valence-corrected chi connectivity index (χ3v) is 5.62. The fourth-order valence-electron chi connectivity index (χ4n) is 3.65. The van der Waals surface area contributed by atoms with Gasteiger partial charge < -0.3 is 25.4 Å². The number of piperazine rings is 1. The van der Waals surface area contributed by atoms with Crippen molar-refractivity contribution in [3.63, 3.8) is 0 Å². The maximum Gasteiger partial charge on any atom is 0.254 e. The molecule has 32 heavy (non-hydrogen) atoms. The van der Waals surface area contributed by atoms with Crippen LogP contribution in [0.1, 0.15) is 60.0 Å². The van der Waals surface area contributed by atoms with Crippen LogP contribution < -0.4 is 16.0 Å². The van der Waals surface area contributed by atoms with E-state index in [9.17, 15) is 9.59 Å².